The molecule has 0 aliphatic carbocycles. The zero-order valence-electron chi connectivity index (χ0n) is 16.9. The third-order valence-corrected chi connectivity index (χ3v) is 7.13. The largest absolute Gasteiger partial charge is 0.372 e. The van der Waals surface area contributed by atoms with E-state index >= 15 is 0 Å². The summed E-state index contributed by atoms with van der Waals surface area (Å²) in [6, 6.07) is -0.152. The summed E-state index contributed by atoms with van der Waals surface area (Å²) in [5.41, 5.74) is 0.938. The van der Waals surface area contributed by atoms with E-state index in [9.17, 15) is 9.59 Å². The van der Waals surface area contributed by atoms with Gasteiger partial charge in [0, 0.05) is 39.2 Å². The van der Waals surface area contributed by atoms with Gasteiger partial charge in [-0.2, -0.15) is 0 Å². The summed E-state index contributed by atoms with van der Waals surface area (Å²) in [5, 5.41) is 9.04. The van der Waals surface area contributed by atoms with Gasteiger partial charge in [0.15, 0.2) is 0 Å². The van der Waals surface area contributed by atoms with Crippen LogP contribution in [0.5, 0.6) is 0 Å². The van der Waals surface area contributed by atoms with Crippen LogP contribution in [-0.4, -0.2) is 74.2 Å². The van der Waals surface area contributed by atoms with Gasteiger partial charge in [-0.1, -0.05) is 6.58 Å². The van der Waals surface area contributed by atoms with E-state index in [4.69, 9.17) is 4.74 Å². The van der Waals surface area contributed by atoms with Gasteiger partial charge in [-0.05, 0) is 57.2 Å². The number of carbonyl (C=O) groups excluding carboxylic acids is 2. The summed E-state index contributed by atoms with van der Waals surface area (Å²) >= 11 is 0. The molecule has 0 bridgehead atoms. The van der Waals surface area contributed by atoms with Gasteiger partial charge in [-0.15, -0.1) is 0 Å². The van der Waals surface area contributed by atoms with E-state index in [0.717, 1.165) is 31.8 Å². The van der Waals surface area contributed by atoms with Gasteiger partial charge < -0.3 is 15.4 Å². The van der Waals surface area contributed by atoms with Gasteiger partial charge in [0.05, 0.1) is 6.04 Å². The normalized spacial score (nSPS) is 28.9. The summed E-state index contributed by atoms with van der Waals surface area (Å²) in [7, 11) is 1.73. The summed E-state index contributed by atoms with van der Waals surface area (Å²) < 4.78 is 5.94. The number of hydrogen-bond acceptors (Lipinski definition) is 6. The minimum absolute atomic E-state index is 0.197. The van der Waals surface area contributed by atoms with Crippen molar-refractivity contribution >= 4 is 11.8 Å². The molecule has 3 aliphatic heterocycles. The molecule has 152 valence electrons. The van der Waals surface area contributed by atoms with Crippen LogP contribution in [-0.2, 0) is 14.3 Å². The number of piperidine rings is 2. The molecule has 1 spiro atoms. The highest BCUT2D eigenvalue weighted by Gasteiger charge is 2.44. The van der Waals surface area contributed by atoms with Crippen molar-refractivity contribution in [2.45, 2.75) is 57.2 Å². The monoisotopic (exact) mass is 378 g/mol. The predicted molar refractivity (Wildman–Crippen MR) is 104 cm³/mol. The van der Waals surface area contributed by atoms with Crippen LogP contribution >= 0.6 is 0 Å². The Kier molecular flexibility index (Phi) is 6.05. The van der Waals surface area contributed by atoms with Gasteiger partial charge >= 0.3 is 0 Å². The molecule has 3 aliphatic rings. The first kappa shape index (κ1) is 20.5. The first-order valence-corrected chi connectivity index (χ1v) is 10.0. The van der Waals surface area contributed by atoms with Gasteiger partial charge in [-0.3, -0.25) is 19.8 Å². The Hall–Kier alpha value is -1.28. The van der Waals surface area contributed by atoms with Gasteiger partial charge in [0.25, 0.3) is 0 Å². The highest BCUT2D eigenvalue weighted by Crippen LogP contribution is 2.37. The molecule has 3 heterocycles. The van der Waals surface area contributed by atoms with Crippen LogP contribution in [0.25, 0.3) is 0 Å². The van der Waals surface area contributed by atoms with Crippen LogP contribution in [0.4, 0.5) is 0 Å². The average Bonchev–Trinajstić information content (AvgIpc) is 2.64. The molecule has 3 atom stereocenters. The lowest BCUT2D eigenvalue weighted by Gasteiger charge is -2.52. The topological polar surface area (TPSA) is 82.7 Å². The quantitative estimate of drug-likeness (QED) is 0.440. The van der Waals surface area contributed by atoms with Crippen molar-refractivity contribution in [3.05, 3.63) is 12.2 Å². The fraction of sp³-hybridized carbons (Fsp3) is 0.800. The molecule has 3 fully saturated rings. The zero-order valence-corrected chi connectivity index (χ0v) is 16.9. The van der Waals surface area contributed by atoms with E-state index in [1.807, 2.05) is 0 Å². The molecular formula is C20H34N4O3. The number of imide groups is 1. The van der Waals surface area contributed by atoms with Gasteiger partial charge in [0.1, 0.15) is 5.60 Å². The molecule has 2 unspecified atom stereocenters. The van der Waals surface area contributed by atoms with E-state index in [1.54, 1.807) is 7.11 Å². The summed E-state index contributed by atoms with van der Waals surface area (Å²) in [4.78, 5) is 25.7. The van der Waals surface area contributed by atoms with E-state index < -0.39 is 5.60 Å². The van der Waals surface area contributed by atoms with Crippen LogP contribution in [0.3, 0.4) is 0 Å². The molecule has 3 N–H and O–H groups in total. The first-order valence-electron chi connectivity index (χ1n) is 10.0. The molecule has 3 saturated heterocycles. The van der Waals surface area contributed by atoms with Crippen LogP contribution < -0.4 is 16.0 Å². The molecular weight excluding hydrogens is 344 g/mol. The molecule has 0 radical (unpaired) electrons. The second-order valence-electron chi connectivity index (χ2n) is 8.61. The Labute approximate surface area is 162 Å². The maximum absolute atomic E-state index is 11.9. The van der Waals surface area contributed by atoms with Crippen molar-refractivity contribution in [3.8, 4) is 0 Å². The SMILES string of the molecule is C=C(CNC1CCC(=O)NC1=O)C(C)(OC)[C@H](C)N1CCC2(CC1)CNC2. The van der Waals surface area contributed by atoms with E-state index in [0.29, 0.717) is 24.8 Å². The lowest BCUT2D eigenvalue weighted by molar-refractivity contribution is -0.134. The molecule has 0 aromatic rings. The fourth-order valence-corrected chi connectivity index (χ4v) is 4.49. The van der Waals surface area contributed by atoms with Crippen LogP contribution in [0, 0.1) is 5.41 Å². The lowest BCUT2D eigenvalue weighted by atomic mass is 9.73. The number of ether oxygens (including phenoxy) is 1. The third kappa shape index (κ3) is 4.11. The molecule has 3 rings (SSSR count). The van der Waals surface area contributed by atoms with E-state index in [1.165, 1.54) is 12.8 Å². The first-order chi connectivity index (χ1) is 12.8. The third-order valence-electron chi connectivity index (χ3n) is 7.13. The maximum atomic E-state index is 11.9. The van der Waals surface area contributed by atoms with Crippen molar-refractivity contribution in [2.24, 2.45) is 5.41 Å². The van der Waals surface area contributed by atoms with Crippen LogP contribution in [0.1, 0.15) is 39.5 Å². The Morgan fingerprint density at radius 1 is 1.41 bits per heavy atom. The maximum Gasteiger partial charge on any atom is 0.243 e. The Morgan fingerprint density at radius 3 is 2.59 bits per heavy atom. The number of hydrogen-bond donors (Lipinski definition) is 3. The number of amides is 2. The number of methoxy groups -OCH3 is 1. The molecule has 7 heteroatoms. The second kappa shape index (κ2) is 7.99. The standard InChI is InChI=1S/C20H34N4O3/c1-14(11-22-16-5-6-17(25)23-18(16)26)19(3,27-4)15(2)24-9-7-20(8-10-24)12-21-13-20/h15-16,21-22H,1,5-13H2,2-4H3,(H,23,25,26)/t15-,16?,19?/m0/s1. The summed E-state index contributed by atoms with van der Waals surface area (Å²) in [6.45, 7) is 13.5. The number of nitrogens with zero attached hydrogens (tertiary/aromatic N) is 1. The molecule has 27 heavy (non-hydrogen) atoms. The Bertz CT molecular complexity index is 594. The summed E-state index contributed by atoms with van der Waals surface area (Å²) in [6.07, 6.45) is 3.36. The van der Waals surface area contributed by atoms with Crippen LogP contribution in [0.2, 0.25) is 0 Å². The Morgan fingerprint density at radius 2 is 2.07 bits per heavy atom. The van der Waals surface area contributed by atoms with E-state index in [-0.39, 0.29) is 23.9 Å². The number of carbonyl (C=O) groups is 2. The zero-order chi connectivity index (χ0) is 19.7. The Balaban J connectivity index is 1.55. The van der Waals surface area contributed by atoms with Crippen molar-refractivity contribution in [2.75, 3.05) is 39.8 Å². The predicted octanol–water partition coefficient (Wildman–Crippen LogP) is 0.416. The van der Waals surface area contributed by atoms with Crippen molar-refractivity contribution in [1.29, 1.82) is 0 Å². The molecule has 7 nitrogen and oxygen atoms in total. The average molecular weight is 379 g/mol. The second-order valence-corrected chi connectivity index (χ2v) is 8.61. The number of nitrogens with one attached hydrogen (secondary N) is 3. The van der Waals surface area contributed by atoms with Crippen molar-refractivity contribution < 1.29 is 14.3 Å². The minimum atomic E-state index is -0.504. The van der Waals surface area contributed by atoms with E-state index in [2.05, 4.69) is 41.3 Å². The molecule has 0 saturated carbocycles. The molecule has 2 amide bonds. The van der Waals surface area contributed by atoms with Gasteiger partial charge in [0.2, 0.25) is 11.8 Å². The van der Waals surface area contributed by atoms with Crippen LogP contribution in [0.15, 0.2) is 12.2 Å². The highest BCUT2D eigenvalue weighted by molar-refractivity contribution is 6.00. The minimum Gasteiger partial charge on any atom is -0.372 e. The lowest BCUT2D eigenvalue weighted by Crippen LogP contribution is -2.62. The van der Waals surface area contributed by atoms with Gasteiger partial charge in [-0.25, -0.2) is 0 Å². The smallest absolute Gasteiger partial charge is 0.243 e. The highest BCUT2D eigenvalue weighted by atomic mass is 16.5. The van der Waals surface area contributed by atoms with Crippen molar-refractivity contribution in [3.63, 3.8) is 0 Å². The van der Waals surface area contributed by atoms with Crippen molar-refractivity contribution in [1.82, 2.24) is 20.9 Å². The fourth-order valence-electron chi connectivity index (χ4n) is 4.49. The number of likely N-dealkylation sites (tertiary alicyclic amines) is 1. The number of rotatable bonds is 7. The molecule has 0 aromatic carbocycles. The molecule has 0 aromatic heterocycles. The summed E-state index contributed by atoms with van der Waals surface area (Å²) in [5.74, 6) is -0.446.